The van der Waals surface area contributed by atoms with Crippen molar-refractivity contribution in [2.75, 3.05) is 14.2 Å². The Morgan fingerprint density at radius 2 is 2.12 bits per heavy atom. The van der Waals surface area contributed by atoms with Crippen molar-refractivity contribution in [3.05, 3.63) is 0 Å². The number of ether oxygens (including phenoxy) is 1. The molecular weight excluding hydrogens is 106 g/mol. The van der Waals surface area contributed by atoms with E-state index in [1.165, 1.54) is 7.11 Å². The second-order valence-electron chi connectivity index (χ2n) is 1.30. The molecule has 0 atom stereocenters. The number of esters is 1. The normalized spacial score (nSPS) is 11.1. The van der Waals surface area contributed by atoms with Crippen LogP contribution in [0.3, 0.4) is 0 Å². The molecule has 0 aromatic rings. The Kier molecular flexibility index (Phi) is 2.84. The van der Waals surface area contributed by atoms with Crippen LogP contribution in [0.2, 0.25) is 0 Å². The number of carbonyl (C=O) groups excluding carboxylic acids is 1. The average molecular weight is 115 g/mol. The van der Waals surface area contributed by atoms with E-state index < -0.39 is 0 Å². The molecule has 0 N–H and O–H groups in total. The van der Waals surface area contributed by atoms with Crippen LogP contribution in [0.25, 0.3) is 0 Å². The smallest absolute Gasteiger partial charge is 0.351 e. The van der Waals surface area contributed by atoms with Gasteiger partial charge in [0.15, 0.2) is 0 Å². The molecule has 0 fully saturated rings. The van der Waals surface area contributed by atoms with Gasteiger partial charge in [-0.15, -0.1) is 0 Å². The van der Waals surface area contributed by atoms with Gasteiger partial charge in [0.2, 0.25) is 0 Å². The van der Waals surface area contributed by atoms with E-state index in [9.17, 15) is 4.79 Å². The van der Waals surface area contributed by atoms with Gasteiger partial charge in [-0.2, -0.15) is 0 Å². The molecule has 3 heteroatoms. The minimum atomic E-state index is -0.368. The minimum absolute atomic E-state index is 0.368. The summed E-state index contributed by atoms with van der Waals surface area (Å²) >= 11 is 0. The van der Waals surface area contributed by atoms with E-state index >= 15 is 0 Å². The summed E-state index contributed by atoms with van der Waals surface area (Å²) in [7, 11) is 2.88. The van der Waals surface area contributed by atoms with Gasteiger partial charge in [0.1, 0.15) is 5.71 Å². The van der Waals surface area contributed by atoms with E-state index in [0.717, 1.165) is 0 Å². The molecule has 0 aliphatic heterocycles. The van der Waals surface area contributed by atoms with Gasteiger partial charge in [-0.1, -0.05) is 0 Å². The van der Waals surface area contributed by atoms with E-state index in [1.807, 2.05) is 0 Å². The van der Waals surface area contributed by atoms with Crippen molar-refractivity contribution in [2.45, 2.75) is 6.92 Å². The molecular formula is C5H9NO2. The van der Waals surface area contributed by atoms with Gasteiger partial charge in [0.05, 0.1) is 7.11 Å². The molecule has 0 radical (unpaired) electrons. The third-order valence-electron chi connectivity index (χ3n) is 0.816. The zero-order valence-corrected chi connectivity index (χ0v) is 5.26. The number of hydrogen-bond donors (Lipinski definition) is 0. The summed E-state index contributed by atoms with van der Waals surface area (Å²) in [6.45, 7) is 1.60. The third-order valence-corrected chi connectivity index (χ3v) is 0.816. The zero-order chi connectivity index (χ0) is 6.57. The number of rotatable bonds is 1. The van der Waals surface area contributed by atoms with Gasteiger partial charge < -0.3 is 4.74 Å². The first kappa shape index (κ1) is 7.14. The topological polar surface area (TPSA) is 38.7 Å². The Hall–Kier alpha value is -0.860. The Morgan fingerprint density at radius 3 is 2.25 bits per heavy atom. The maximum atomic E-state index is 10.4. The van der Waals surface area contributed by atoms with Crippen molar-refractivity contribution >= 4 is 11.7 Å². The summed E-state index contributed by atoms with van der Waals surface area (Å²) in [5.41, 5.74) is 0.396. The van der Waals surface area contributed by atoms with Crippen molar-refractivity contribution in [1.29, 1.82) is 0 Å². The molecule has 0 aromatic carbocycles. The fourth-order valence-corrected chi connectivity index (χ4v) is 0.239. The lowest BCUT2D eigenvalue weighted by molar-refractivity contribution is -0.132. The molecule has 0 saturated carbocycles. The lowest BCUT2D eigenvalue weighted by atomic mass is 10.4. The first-order valence-corrected chi connectivity index (χ1v) is 2.24. The highest BCUT2D eigenvalue weighted by atomic mass is 16.5. The van der Waals surface area contributed by atoms with E-state index in [0.29, 0.717) is 5.71 Å². The summed E-state index contributed by atoms with van der Waals surface area (Å²) in [4.78, 5) is 14.0. The Balaban J connectivity index is 3.83. The van der Waals surface area contributed by atoms with Crippen molar-refractivity contribution in [2.24, 2.45) is 4.99 Å². The van der Waals surface area contributed by atoms with E-state index in [4.69, 9.17) is 0 Å². The summed E-state index contributed by atoms with van der Waals surface area (Å²) in [6, 6.07) is 0. The zero-order valence-electron chi connectivity index (χ0n) is 5.26. The molecule has 46 valence electrons. The summed E-state index contributed by atoms with van der Waals surface area (Å²) in [5, 5.41) is 0. The van der Waals surface area contributed by atoms with E-state index in [1.54, 1.807) is 14.0 Å². The summed E-state index contributed by atoms with van der Waals surface area (Å²) < 4.78 is 4.33. The molecule has 8 heavy (non-hydrogen) atoms. The molecule has 0 aliphatic carbocycles. The summed E-state index contributed by atoms with van der Waals surface area (Å²) in [5.74, 6) is -0.368. The average Bonchev–Trinajstić information content (AvgIpc) is 1.84. The van der Waals surface area contributed by atoms with Crippen molar-refractivity contribution in [3.8, 4) is 0 Å². The van der Waals surface area contributed by atoms with Crippen molar-refractivity contribution in [1.82, 2.24) is 0 Å². The standard InChI is InChI=1S/C5H9NO2/c1-4(6-2)5(7)8-3/h1-3H3/b6-4-. The predicted molar refractivity (Wildman–Crippen MR) is 31.0 cm³/mol. The minimum Gasteiger partial charge on any atom is -0.465 e. The first-order chi connectivity index (χ1) is 3.72. The second-order valence-corrected chi connectivity index (χ2v) is 1.30. The number of nitrogens with zero attached hydrogens (tertiary/aromatic N) is 1. The highest BCUT2D eigenvalue weighted by molar-refractivity contribution is 6.35. The molecule has 0 bridgehead atoms. The Morgan fingerprint density at radius 1 is 1.62 bits per heavy atom. The molecule has 0 saturated heterocycles. The van der Waals surface area contributed by atoms with E-state index in [-0.39, 0.29) is 5.97 Å². The van der Waals surface area contributed by atoms with Gasteiger partial charge in [-0.25, -0.2) is 4.79 Å². The lowest BCUT2D eigenvalue weighted by Gasteiger charge is -1.92. The van der Waals surface area contributed by atoms with E-state index in [2.05, 4.69) is 9.73 Å². The lowest BCUT2D eigenvalue weighted by Crippen LogP contribution is -2.10. The van der Waals surface area contributed by atoms with Crippen LogP contribution >= 0.6 is 0 Å². The van der Waals surface area contributed by atoms with Crippen LogP contribution in [-0.2, 0) is 9.53 Å². The van der Waals surface area contributed by atoms with Crippen LogP contribution in [0.5, 0.6) is 0 Å². The quantitative estimate of drug-likeness (QED) is 0.363. The largest absolute Gasteiger partial charge is 0.465 e. The number of carbonyl (C=O) groups is 1. The molecule has 0 amide bonds. The van der Waals surface area contributed by atoms with Crippen LogP contribution < -0.4 is 0 Å². The van der Waals surface area contributed by atoms with Gasteiger partial charge in [-0.05, 0) is 6.92 Å². The maximum Gasteiger partial charge on any atom is 0.351 e. The molecule has 0 aliphatic rings. The maximum absolute atomic E-state index is 10.4. The molecule has 0 aromatic heterocycles. The Bertz CT molecular complexity index is 118. The molecule has 0 rings (SSSR count). The van der Waals surface area contributed by atoms with Crippen LogP contribution in [0.4, 0.5) is 0 Å². The third kappa shape index (κ3) is 1.73. The number of methoxy groups -OCH3 is 1. The first-order valence-electron chi connectivity index (χ1n) is 2.24. The van der Waals surface area contributed by atoms with Crippen LogP contribution in [0, 0.1) is 0 Å². The number of hydrogen-bond acceptors (Lipinski definition) is 3. The van der Waals surface area contributed by atoms with Crippen LogP contribution in [0.15, 0.2) is 4.99 Å². The monoisotopic (exact) mass is 115 g/mol. The van der Waals surface area contributed by atoms with Crippen molar-refractivity contribution < 1.29 is 9.53 Å². The van der Waals surface area contributed by atoms with Gasteiger partial charge in [0.25, 0.3) is 0 Å². The fraction of sp³-hybridized carbons (Fsp3) is 0.600. The van der Waals surface area contributed by atoms with Crippen LogP contribution in [0.1, 0.15) is 6.92 Å². The predicted octanol–water partition coefficient (Wildman–Crippen LogP) is 0.250. The molecule has 0 heterocycles. The summed E-state index contributed by atoms with van der Waals surface area (Å²) in [6.07, 6.45) is 0. The highest BCUT2D eigenvalue weighted by Gasteiger charge is 2.00. The van der Waals surface area contributed by atoms with Gasteiger partial charge >= 0.3 is 5.97 Å². The van der Waals surface area contributed by atoms with Gasteiger partial charge in [0, 0.05) is 7.05 Å². The second kappa shape index (κ2) is 3.18. The molecule has 0 unspecified atom stereocenters. The molecule has 3 nitrogen and oxygen atoms in total. The molecule has 0 spiro atoms. The van der Waals surface area contributed by atoms with Crippen LogP contribution in [-0.4, -0.2) is 25.8 Å². The number of aliphatic imine (C=N–C) groups is 1. The van der Waals surface area contributed by atoms with Crippen molar-refractivity contribution in [3.63, 3.8) is 0 Å². The van der Waals surface area contributed by atoms with Gasteiger partial charge in [-0.3, -0.25) is 4.99 Å². The highest BCUT2D eigenvalue weighted by Crippen LogP contribution is 1.77. The fourth-order valence-electron chi connectivity index (χ4n) is 0.239. The Labute approximate surface area is 48.4 Å². The SMILES string of the molecule is C/N=C(/C)C(=O)OC.